The van der Waals surface area contributed by atoms with Gasteiger partial charge in [0.05, 0.1) is 4.83 Å². The molecular formula is C8H12BrN3O2S. The molecule has 1 heterocycles. The summed E-state index contributed by atoms with van der Waals surface area (Å²) in [6, 6.07) is 0. The molecule has 0 saturated heterocycles. The number of carbonyl (C=O) groups excluding carboxylic acids is 1. The molecule has 0 aliphatic carbocycles. The zero-order valence-electron chi connectivity index (χ0n) is 8.49. The second-order valence-corrected chi connectivity index (χ2v) is 4.97. The van der Waals surface area contributed by atoms with Crippen LogP contribution in [-0.4, -0.2) is 28.0 Å². The van der Waals surface area contributed by atoms with Gasteiger partial charge in [-0.15, -0.1) is 10.2 Å². The molecule has 84 valence electrons. The average molecular weight is 294 g/mol. The van der Waals surface area contributed by atoms with Crippen molar-refractivity contribution in [3.05, 3.63) is 5.01 Å². The van der Waals surface area contributed by atoms with Crippen LogP contribution >= 0.6 is 27.3 Å². The highest BCUT2D eigenvalue weighted by Gasteiger charge is 2.14. The van der Waals surface area contributed by atoms with E-state index in [1.165, 1.54) is 11.3 Å². The average Bonchev–Trinajstić information content (AvgIpc) is 2.65. The molecular weight excluding hydrogens is 282 g/mol. The predicted molar refractivity (Wildman–Crippen MR) is 62.3 cm³/mol. The number of halogens is 1. The normalized spacial score (nSPS) is 12.5. The van der Waals surface area contributed by atoms with Crippen molar-refractivity contribution in [2.75, 3.05) is 12.4 Å². The van der Waals surface area contributed by atoms with Gasteiger partial charge in [-0.1, -0.05) is 34.2 Å². The summed E-state index contributed by atoms with van der Waals surface area (Å²) < 4.78 is 4.90. The van der Waals surface area contributed by atoms with Gasteiger partial charge >= 0.3 is 0 Å². The summed E-state index contributed by atoms with van der Waals surface area (Å²) in [5.74, 6) is -0.0994. The number of anilines is 1. The summed E-state index contributed by atoms with van der Waals surface area (Å²) in [4.78, 5) is 11.3. The minimum absolute atomic E-state index is 0.0994. The van der Waals surface area contributed by atoms with Crippen LogP contribution in [-0.2, 0) is 16.1 Å². The number of methoxy groups -OCH3 is 1. The number of hydrogen-bond donors (Lipinski definition) is 1. The fourth-order valence-electron chi connectivity index (χ4n) is 0.855. The number of aromatic nitrogens is 2. The number of hydrogen-bond acceptors (Lipinski definition) is 5. The van der Waals surface area contributed by atoms with Crippen molar-refractivity contribution in [3.63, 3.8) is 0 Å². The van der Waals surface area contributed by atoms with E-state index in [0.717, 1.165) is 11.4 Å². The highest BCUT2D eigenvalue weighted by Crippen LogP contribution is 2.17. The Morgan fingerprint density at radius 2 is 2.40 bits per heavy atom. The van der Waals surface area contributed by atoms with Gasteiger partial charge in [0.25, 0.3) is 0 Å². The number of ether oxygens (including phenoxy) is 1. The third kappa shape index (κ3) is 3.84. The monoisotopic (exact) mass is 293 g/mol. The fourth-order valence-corrected chi connectivity index (χ4v) is 1.68. The molecule has 1 unspecified atom stereocenters. The van der Waals surface area contributed by atoms with Gasteiger partial charge in [-0.2, -0.15) is 0 Å². The number of amides is 1. The fraction of sp³-hybridized carbons (Fsp3) is 0.625. The van der Waals surface area contributed by atoms with E-state index in [-0.39, 0.29) is 10.7 Å². The maximum absolute atomic E-state index is 11.5. The van der Waals surface area contributed by atoms with Crippen LogP contribution in [0.5, 0.6) is 0 Å². The third-order valence-electron chi connectivity index (χ3n) is 1.61. The van der Waals surface area contributed by atoms with Crippen molar-refractivity contribution < 1.29 is 9.53 Å². The van der Waals surface area contributed by atoms with E-state index in [9.17, 15) is 4.79 Å². The number of nitrogens with one attached hydrogen (secondary N) is 1. The molecule has 1 aromatic rings. The maximum atomic E-state index is 11.5. The van der Waals surface area contributed by atoms with E-state index in [4.69, 9.17) is 4.74 Å². The lowest BCUT2D eigenvalue weighted by molar-refractivity contribution is -0.115. The topological polar surface area (TPSA) is 64.1 Å². The molecule has 0 radical (unpaired) electrons. The highest BCUT2D eigenvalue weighted by atomic mass is 79.9. The molecule has 0 aromatic carbocycles. The summed E-state index contributed by atoms with van der Waals surface area (Å²) in [6.07, 6.45) is 0.732. The molecule has 1 N–H and O–H groups in total. The van der Waals surface area contributed by atoms with Crippen LogP contribution in [0.2, 0.25) is 0 Å². The zero-order chi connectivity index (χ0) is 11.3. The molecule has 0 aliphatic rings. The minimum atomic E-state index is -0.188. The lowest BCUT2D eigenvalue weighted by Gasteiger charge is -2.04. The summed E-state index contributed by atoms with van der Waals surface area (Å²) in [5, 5.41) is 11.6. The van der Waals surface area contributed by atoms with Gasteiger partial charge in [0.1, 0.15) is 11.6 Å². The second-order valence-electron chi connectivity index (χ2n) is 2.80. The van der Waals surface area contributed by atoms with Crippen molar-refractivity contribution in [3.8, 4) is 0 Å². The minimum Gasteiger partial charge on any atom is -0.377 e. The predicted octanol–water partition coefficient (Wildman–Crippen LogP) is 1.80. The van der Waals surface area contributed by atoms with Gasteiger partial charge in [0.15, 0.2) is 0 Å². The Balaban J connectivity index is 2.53. The van der Waals surface area contributed by atoms with Crippen LogP contribution in [0.4, 0.5) is 5.13 Å². The Kier molecular flexibility index (Phi) is 5.13. The van der Waals surface area contributed by atoms with Crippen LogP contribution in [0.3, 0.4) is 0 Å². The lowest BCUT2D eigenvalue weighted by Crippen LogP contribution is -2.21. The SMILES string of the molecule is CCC(Br)C(=O)Nc1nnc(COC)s1. The largest absolute Gasteiger partial charge is 0.377 e. The van der Waals surface area contributed by atoms with Crippen LogP contribution in [0.15, 0.2) is 0 Å². The van der Waals surface area contributed by atoms with E-state index < -0.39 is 0 Å². The first-order valence-corrected chi connectivity index (χ1v) is 6.16. The number of carbonyl (C=O) groups is 1. The Morgan fingerprint density at radius 1 is 1.67 bits per heavy atom. The number of alkyl halides is 1. The summed E-state index contributed by atoms with van der Waals surface area (Å²) in [6.45, 7) is 2.34. The van der Waals surface area contributed by atoms with Gasteiger partial charge in [0, 0.05) is 7.11 Å². The Bertz CT molecular complexity index is 331. The van der Waals surface area contributed by atoms with Crippen molar-refractivity contribution >= 4 is 38.3 Å². The first kappa shape index (κ1) is 12.5. The second kappa shape index (κ2) is 6.14. The molecule has 0 bridgehead atoms. The Hall–Kier alpha value is -0.530. The molecule has 15 heavy (non-hydrogen) atoms. The van der Waals surface area contributed by atoms with Crippen LogP contribution in [0, 0.1) is 0 Å². The first-order chi connectivity index (χ1) is 7.17. The third-order valence-corrected chi connectivity index (χ3v) is 3.48. The van der Waals surface area contributed by atoms with Crippen molar-refractivity contribution in [1.82, 2.24) is 10.2 Å². The highest BCUT2D eigenvalue weighted by molar-refractivity contribution is 9.10. The maximum Gasteiger partial charge on any atom is 0.239 e. The van der Waals surface area contributed by atoms with E-state index in [0.29, 0.717) is 11.7 Å². The van der Waals surface area contributed by atoms with Gasteiger partial charge in [-0.3, -0.25) is 10.1 Å². The summed E-state index contributed by atoms with van der Waals surface area (Å²) in [5.41, 5.74) is 0. The standard InChI is InChI=1S/C8H12BrN3O2S/c1-3-5(9)7(13)10-8-12-11-6(15-8)4-14-2/h5H,3-4H2,1-2H3,(H,10,12,13). The van der Waals surface area contributed by atoms with Gasteiger partial charge in [0.2, 0.25) is 11.0 Å². The molecule has 0 aliphatic heterocycles. The number of nitrogens with zero attached hydrogens (tertiary/aromatic N) is 2. The van der Waals surface area contributed by atoms with E-state index in [2.05, 4.69) is 31.4 Å². The number of rotatable bonds is 5. The van der Waals surface area contributed by atoms with Gasteiger partial charge < -0.3 is 4.74 Å². The molecule has 1 rings (SSSR count). The molecule has 0 spiro atoms. The van der Waals surface area contributed by atoms with Crippen molar-refractivity contribution in [2.24, 2.45) is 0 Å². The Morgan fingerprint density at radius 3 is 3.00 bits per heavy atom. The Labute approximate surface area is 100 Å². The quantitative estimate of drug-likeness (QED) is 0.841. The summed E-state index contributed by atoms with van der Waals surface area (Å²) in [7, 11) is 1.59. The van der Waals surface area contributed by atoms with Crippen molar-refractivity contribution in [1.29, 1.82) is 0 Å². The van der Waals surface area contributed by atoms with E-state index >= 15 is 0 Å². The summed E-state index contributed by atoms with van der Waals surface area (Å²) >= 11 is 4.57. The zero-order valence-corrected chi connectivity index (χ0v) is 10.9. The molecule has 1 atom stereocenters. The van der Waals surface area contributed by atoms with Gasteiger partial charge in [-0.05, 0) is 6.42 Å². The van der Waals surface area contributed by atoms with E-state index in [1.807, 2.05) is 6.92 Å². The smallest absolute Gasteiger partial charge is 0.239 e. The van der Waals surface area contributed by atoms with Crippen LogP contribution < -0.4 is 5.32 Å². The van der Waals surface area contributed by atoms with Crippen molar-refractivity contribution in [2.45, 2.75) is 24.8 Å². The molecule has 0 saturated carbocycles. The molecule has 7 heteroatoms. The van der Waals surface area contributed by atoms with E-state index in [1.54, 1.807) is 7.11 Å². The van der Waals surface area contributed by atoms with Crippen LogP contribution in [0.25, 0.3) is 0 Å². The molecule has 5 nitrogen and oxygen atoms in total. The molecule has 0 fully saturated rings. The van der Waals surface area contributed by atoms with Gasteiger partial charge in [-0.25, -0.2) is 0 Å². The van der Waals surface area contributed by atoms with Crippen LogP contribution in [0.1, 0.15) is 18.4 Å². The molecule has 1 aromatic heterocycles. The lowest BCUT2D eigenvalue weighted by atomic mass is 10.3. The molecule has 1 amide bonds. The first-order valence-electron chi connectivity index (χ1n) is 4.43.